The van der Waals surface area contributed by atoms with Gasteiger partial charge in [0.15, 0.2) is 5.54 Å². The van der Waals surface area contributed by atoms with Crippen molar-refractivity contribution in [3.05, 3.63) is 70.3 Å². The van der Waals surface area contributed by atoms with Crippen LogP contribution in [0.25, 0.3) is 0 Å². The molecule has 0 aromatic heterocycles. The van der Waals surface area contributed by atoms with Crippen molar-refractivity contribution in [1.82, 2.24) is 0 Å². The first-order chi connectivity index (χ1) is 11.5. The standard InChI is InChI=1S/C17H14N2O5/c1-24-16(21)17(12-7-3-2-4-8-12)11-15(20)18(17)13-9-5-6-10-14(13)19(22)23/h2-10H,11H2,1H3. The van der Waals surface area contributed by atoms with E-state index in [1.54, 1.807) is 36.4 Å². The highest BCUT2D eigenvalue weighted by Crippen LogP contribution is 2.48. The van der Waals surface area contributed by atoms with Crippen molar-refractivity contribution < 1.29 is 19.2 Å². The van der Waals surface area contributed by atoms with E-state index in [0.717, 1.165) is 4.90 Å². The zero-order chi connectivity index (χ0) is 17.3. The topological polar surface area (TPSA) is 89.8 Å². The fraction of sp³-hybridized carbons (Fsp3) is 0.176. The summed E-state index contributed by atoms with van der Waals surface area (Å²) in [5, 5.41) is 11.3. The molecule has 7 nitrogen and oxygen atoms in total. The lowest BCUT2D eigenvalue weighted by molar-refractivity contribution is -0.384. The van der Waals surface area contributed by atoms with Crippen molar-refractivity contribution in [3.8, 4) is 0 Å². The number of amides is 1. The summed E-state index contributed by atoms with van der Waals surface area (Å²) in [5.74, 6) is -1.01. The summed E-state index contributed by atoms with van der Waals surface area (Å²) in [6.07, 6.45) is -0.101. The molecule has 122 valence electrons. The van der Waals surface area contributed by atoms with Gasteiger partial charge in [-0.15, -0.1) is 0 Å². The van der Waals surface area contributed by atoms with Crippen LogP contribution in [0.3, 0.4) is 0 Å². The summed E-state index contributed by atoms with van der Waals surface area (Å²) in [6, 6.07) is 14.5. The van der Waals surface area contributed by atoms with Gasteiger partial charge in [-0.3, -0.25) is 19.8 Å². The minimum Gasteiger partial charge on any atom is -0.467 e. The molecule has 1 heterocycles. The Morgan fingerprint density at radius 3 is 2.38 bits per heavy atom. The molecule has 24 heavy (non-hydrogen) atoms. The minimum absolute atomic E-state index is 0.0769. The number of methoxy groups -OCH3 is 1. The van der Waals surface area contributed by atoms with Crippen LogP contribution in [0.1, 0.15) is 12.0 Å². The Labute approximate surface area is 137 Å². The molecule has 1 fully saturated rings. The monoisotopic (exact) mass is 326 g/mol. The Balaban J connectivity index is 2.21. The molecule has 0 saturated carbocycles. The third-order valence-corrected chi connectivity index (χ3v) is 4.13. The van der Waals surface area contributed by atoms with Crippen LogP contribution in [0.2, 0.25) is 0 Å². The number of hydrogen-bond donors (Lipinski definition) is 0. The van der Waals surface area contributed by atoms with Crippen molar-refractivity contribution in [1.29, 1.82) is 0 Å². The Morgan fingerprint density at radius 1 is 1.17 bits per heavy atom. The first-order valence-corrected chi connectivity index (χ1v) is 7.23. The fourth-order valence-electron chi connectivity index (χ4n) is 3.04. The fourth-order valence-corrected chi connectivity index (χ4v) is 3.04. The van der Waals surface area contributed by atoms with Crippen LogP contribution in [-0.4, -0.2) is 23.9 Å². The van der Waals surface area contributed by atoms with Gasteiger partial charge in [0.25, 0.3) is 5.69 Å². The molecule has 1 amide bonds. The van der Waals surface area contributed by atoms with Crippen LogP contribution in [-0.2, 0) is 19.9 Å². The number of rotatable bonds is 4. The Kier molecular flexibility index (Phi) is 3.76. The maximum absolute atomic E-state index is 12.5. The molecule has 1 aliphatic rings. The number of β-lactam (4-membered cyclic amide) rings is 1. The van der Waals surface area contributed by atoms with E-state index in [1.165, 1.54) is 25.3 Å². The van der Waals surface area contributed by atoms with Crippen LogP contribution in [0.15, 0.2) is 54.6 Å². The van der Waals surface area contributed by atoms with Crippen LogP contribution < -0.4 is 4.90 Å². The molecule has 1 unspecified atom stereocenters. The largest absolute Gasteiger partial charge is 0.467 e. The highest BCUT2D eigenvalue weighted by molar-refractivity contribution is 6.13. The van der Waals surface area contributed by atoms with E-state index in [4.69, 9.17) is 4.74 Å². The second-order valence-corrected chi connectivity index (χ2v) is 5.37. The quantitative estimate of drug-likeness (QED) is 0.372. The van der Waals surface area contributed by atoms with E-state index in [-0.39, 0.29) is 23.7 Å². The van der Waals surface area contributed by atoms with Crippen LogP contribution >= 0.6 is 0 Å². The van der Waals surface area contributed by atoms with Gasteiger partial charge in [0.2, 0.25) is 5.91 Å². The van der Waals surface area contributed by atoms with Crippen molar-refractivity contribution >= 4 is 23.3 Å². The van der Waals surface area contributed by atoms with E-state index < -0.39 is 16.4 Å². The number of nitro groups is 1. The number of anilines is 1. The predicted molar refractivity (Wildman–Crippen MR) is 85.3 cm³/mol. The highest BCUT2D eigenvalue weighted by atomic mass is 16.6. The SMILES string of the molecule is COC(=O)C1(c2ccccc2)CC(=O)N1c1ccccc1[N+](=O)[O-]. The van der Waals surface area contributed by atoms with E-state index >= 15 is 0 Å². The molecule has 0 bridgehead atoms. The molecule has 0 radical (unpaired) electrons. The Hall–Kier alpha value is -3.22. The molecule has 1 saturated heterocycles. The van der Waals surface area contributed by atoms with Gasteiger partial charge in [-0.1, -0.05) is 42.5 Å². The van der Waals surface area contributed by atoms with Crippen LogP contribution in [0.4, 0.5) is 11.4 Å². The zero-order valence-electron chi connectivity index (χ0n) is 12.8. The number of benzene rings is 2. The molecule has 0 N–H and O–H groups in total. The maximum atomic E-state index is 12.5. The molecule has 7 heteroatoms. The van der Waals surface area contributed by atoms with Gasteiger partial charge in [0.05, 0.1) is 18.5 Å². The summed E-state index contributed by atoms with van der Waals surface area (Å²) < 4.78 is 4.91. The molecule has 2 aromatic rings. The van der Waals surface area contributed by atoms with Gasteiger partial charge in [0.1, 0.15) is 5.69 Å². The average molecular weight is 326 g/mol. The number of carbonyl (C=O) groups is 2. The van der Waals surface area contributed by atoms with Gasteiger partial charge in [-0.2, -0.15) is 0 Å². The lowest BCUT2D eigenvalue weighted by atomic mass is 9.76. The summed E-state index contributed by atoms with van der Waals surface area (Å²) in [6.45, 7) is 0. The van der Waals surface area contributed by atoms with E-state index in [1.807, 2.05) is 0 Å². The predicted octanol–water partition coefficient (Wildman–Crippen LogP) is 2.40. The van der Waals surface area contributed by atoms with Crippen molar-refractivity contribution in [2.24, 2.45) is 0 Å². The Bertz CT molecular complexity index is 821. The van der Waals surface area contributed by atoms with Gasteiger partial charge >= 0.3 is 5.97 Å². The summed E-state index contributed by atoms with van der Waals surface area (Å²) in [4.78, 5) is 36.7. The molecule has 0 spiro atoms. The summed E-state index contributed by atoms with van der Waals surface area (Å²) >= 11 is 0. The number of nitro benzene ring substituents is 1. The second-order valence-electron chi connectivity index (χ2n) is 5.37. The number of carbonyl (C=O) groups excluding carboxylic acids is 2. The third-order valence-electron chi connectivity index (χ3n) is 4.13. The van der Waals surface area contributed by atoms with Gasteiger partial charge in [-0.25, -0.2) is 4.79 Å². The second kappa shape index (κ2) is 5.77. The first kappa shape index (κ1) is 15.7. The number of hydrogen-bond acceptors (Lipinski definition) is 5. The maximum Gasteiger partial charge on any atom is 0.337 e. The molecule has 0 aliphatic carbocycles. The smallest absolute Gasteiger partial charge is 0.337 e. The molecular formula is C17H14N2O5. The Morgan fingerprint density at radius 2 is 1.79 bits per heavy atom. The minimum atomic E-state index is -1.39. The summed E-state index contributed by atoms with van der Waals surface area (Å²) in [5.41, 5.74) is -1.00. The third kappa shape index (κ3) is 2.13. The average Bonchev–Trinajstić information content (AvgIpc) is 2.59. The lowest BCUT2D eigenvalue weighted by Crippen LogP contribution is -2.66. The number of para-hydroxylation sites is 2. The highest BCUT2D eigenvalue weighted by Gasteiger charge is 2.60. The van der Waals surface area contributed by atoms with Crippen molar-refractivity contribution in [2.45, 2.75) is 12.0 Å². The van der Waals surface area contributed by atoms with E-state index in [0.29, 0.717) is 5.56 Å². The normalized spacial score (nSPS) is 19.5. The van der Waals surface area contributed by atoms with E-state index in [2.05, 4.69) is 0 Å². The lowest BCUT2D eigenvalue weighted by Gasteiger charge is -2.49. The van der Waals surface area contributed by atoms with Gasteiger partial charge < -0.3 is 4.74 Å². The molecule has 3 rings (SSSR count). The molecular weight excluding hydrogens is 312 g/mol. The molecule has 1 aliphatic heterocycles. The first-order valence-electron chi connectivity index (χ1n) is 7.23. The van der Waals surface area contributed by atoms with Gasteiger partial charge in [0, 0.05) is 6.07 Å². The van der Waals surface area contributed by atoms with E-state index in [9.17, 15) is 19.7 Å². The van der Waals surface area contributed by atoms with Crippen molar-refractivity contribution in [2.75, 3.05) is 12.0 Å². The summed E-state index contributed by atoms with van der Waals surface area (Å²) in [7, 11) is 1.23. The van der Waals surface area contributed by atoms with Crippen LogP contribution in [0, 0.1) is 10.1 Å². The zero-order valence-corrected chi connectivity index (χ0v) is 12.8. The molecule has 1 atom stereocenters. The van der Waals surface area contributed by atoms with Gasteiger partial charge in [-0.05, 0) is 11.6 Å². The van der Waals surface area contributed by atoms with Crippen LogP contribution in [0.5, 0.6) is 0 Å². The van der Waals surface area contributed by atoms with Crippen molar-refractivity contribution in [3.63, 3.8) is 0 Å². The molecule has 2 aromatic carbocycles. The number of nitrogens with zero attached hydrogens (tertiary/aromatic N) is 2. The number of ether oxygens (including phenoxy) is 1. The number of esters is 1.